The Kier molecular flexibility index (Phi) is 3.81. The lowest BCUT2D eigenvalue weighted by atomic mass is 9.67. The second-order valence-electron chi connectivity index (χ2n) is 5.52. The molecular formula is C12H20F2O3. The second kappa shape index (κ2) is 4.52. The Morgan fingerprint density at radius 2 is 2.00 bits per heavy atom. The summed E-state index contributed by atoms with van der Waals surface area (Å²) in [5.41, 5.74) is -2.66. The first-order chi connectivity index (χ1) is 7.65. The van der Waals surface area contributed by atoms with Crippen molar-refractivity contribution in [1.29, 1.82) is 0 Å². The number of ether oxygens (including phenoxy) is 1. The molecule has 0 bridgehead atoms. The molecule has 0 aromatic heterocycles. The van der Waals surface area contributed by atoms with Crippen molar-refractivity contribution in [3.8, 4) is 0 Å². The zero-order valence-electron chi connectivity index (χ0n) is 10.6. The van der Waals surface area contributed by atoms with Crippen LogP contribution in [0, 0.1) is 5.41 Å². The minimum atomic E-state index is -3.83. The molecule has 0 radical (unpaired) electrons. The van der Waals surface area contributed by atoms with Crippen molar-refractivity contribution in [2.75, 3.05) is 6.61 Å². The normalized spacial score (nSPS) is 28.8. The molecule has 0 spiro atoms. The Balaban J connectivity index is 2.91. The molecule has 0 aliphatic heterocycles. The van der Waals surface area contributed by atoms with Crippen LogP contribution in [0.3, 0.4) is 0 Å². The van der Waals surface area contributed by atoms with Gasteiger partial charge in [-0.1, -0.05) is 13.8 Å². The van der Waals surface area contributed by atoms with Crippen LogP contribution >= 0.6 is 0 Å². The lowest BCUT2D eigenvalue weighted by molar-refractivity contribution is -0.228. The molecule has 1 N–H and O–H groups in total. The third kappa shape index (κ3) is 2.76. The maximum Gasteiger partial charge on any atom is 0.380 e. The topological polar surface area (TPSA) is 46.5 Å². The van der Waals surface area contributed by atoms with Gasteiger partial charge in [0.2, 0.25) is 0 Å². The van der Waals surface area contributed by atoms with Crippen LogP contribution in [0.25, 0.3) is 0 Å². The highest BCUT2D eigenvalue weighted by Crippen LogP contribution is 2.48. The average Bonchev–Trinajstić information content (AvgIpc) is 2.15. The monoisotopic (exact) mass is 250 g/mol. The third-order valence-electron chi connectivity index (χ3n) is 3.33. The summed E-state index contributed by atoms with van der Waals surface area (Å²) < 4.78 is 32.1. The number of alkyl halides is 2. The van der Waals surface area contributed by atoms with E-state index in [-0.39, 0.29) is 24.9 Å². The van der Waals surface area contributed by atoms with E-state index in [2.05, 4.69) is 4.74 Å². The van der Waals surface area contributed by atoms with E-state index in [0.29, 0.717) is 6.42 Å². The molecular weight excluding hydrogens is 230 g/mol. The number of hydrogen-bond acceptors (Lipinski definition) is 3. The number of hydrogen-bond donors (Lipinski definition) is 1. The summed E-state index contributed by atoms with van der Waals surface area (Å²) in [6.07, 6.45) is 1.10. The van der Waals surface area contributed by atoms with E-state index < -0.39 is 17.5 Å². The zero-order valence-corrected chi connectivity index (χ0v) is 10.6. The molecule has 0 aromatic rings. The molecule has 0 saturated heterocycles. The number of rotatable bonds is 3. The molecule has 1 atom stereocenters. The van der Waals surface area contributed by atoms with Crippen molar-refractivity contribution >= 4 is 5.97 Å². The molecule has 1 aliphatic carbocycles. The molecule has 100 valence electrons. The fourth-order valence-electron chi connectivity index (χ4n) is 2.51. The lowest BCUT2D eigenvalue weighted by Crippen LogP contribution is -2.57. The lowest BCUT2D eigenvalue weighted by Gasteiger charge is -2.44. The molecule has 0 amide bonds. The number of aliphatic hydroxyl groups is 1. The van der Waals surface area contributed by atoms with Crippen LogP contribution in [0.4, 0.5) is 8.78 Å². The SMILES string of the molecule is CCOC(=O)C(F)(F)C1(O)CCCC(C)(C)C1. The summed E-state index contributed by atoms with van der Waals surface area (Å²) in [7, 11) is 0. The average molecular weight is 250 g/mol. The van der Waals surface area contributed by atoms with E-state index in [0.717, 1.165) is 6.42 Å². The summed E-state index contributed by atoms with van der Waals surface area (Å²) >= 11 is 0. The predicted molar refractivity (Wildman–Crippen MR) is 58.8 cm³/mol. The molecule has 5 heteroatoms. The van der Waals surface area contributed by atoms with Crippen molar-refractivity contribution in [1.82, 2.24) is 0 Å². The molecule has 3 nitrogen and oxygen atoms in total. The van der Waals surface area contributed by atoms with Gasteiger partial charge in [0.25, 0.3) is 0 Å². The van der Waals surface area contributed by atoms with E-state index >= 15 is 0 Å². The van der Waals surface area contributed by atoms with Crippen LogP contribution in [0.1, 0.15) is 46.5 Å². The summed E-state index contributed by atoms with van der Waals surface area (Å²) in [6.45, 7) is 4.98. The van der Waals surface area contributed by atoms with Gasteiger partial charge in [0.15, 0.2) is 0 Å². The first-order valence-electron chi connectivity index (χ1n) is 5.92. The zero-order chi connectivity index (χ0) is 13.3. The van der Waals surface area contributed by atoms with Gasteiger partial charge in [-0.3, -0.25) is 0 Å². The Bertz CT molecular complexity index is 302. The van der Waals surface area contributed by atoms with Gasteiger partial charge in [-0.05, 0) is 38.0 Å². The van der Waals surface area contributed by atoms with Crippen LogP contribution in [0.2, 0.25) is 0 Å². The van der Waals surface area contributed by atoms with Gasteiger partial charge in [-0.2, -0.15) is 8.78 Å². The van der Waals surface area contributed by atoms with Gasteiger partial charge in [0.1, 0.15) is 5.60 Å². The van der Waals surface area contributed by atoms with Gasteiger partial charge >= 0.3 is 11.9 Å². The maximum atomic E-state index is 13.9. The quantitative estimate of drug-likeness (QED) is 0.783. The van der Waals surface area contributed by atoms with Crippen molar-refractivity contribution in [3.05, 3.63) is 0 Å². The van der Waals surface area contributed by atoms with Crippen LogP contribution in [0.15, 0.2) is 0 Å². The molecule has 1 fully saturated rings. The fourth-order valence-corrected chi connectivity index (χ4v) is 2.51. The van der Waals surface area contributed by atoms with Gasteiger partial charge < -0.3 is 9.84 Å². The van der Waals surface area contributed by atoms with E-state index in [9.17, 15) is 18.7 Å². The number of carbonyl (C=O) groups excluding carboxylic acids is 1. The van der Waals surface area contributed by atoms with Crippen molar-refractivity contribution in [3.63, 3.8) is 0 Å². The maximum absolute atomic E-state index is 13.9. The van der Waals surface area contributed by atoms with E-state index in [1.807, 2.05) is 13.8 Å². The van der Waals surface area contributed by atoms with Crippen LogP contribution < -0.4 is 0 Å². The second-order valence-corrected chi connectivity index (χ2v) is 5.52. The molecule has 0 heterocycles. The van der Waals surface area contributed by atoms with Crippen molar-refractivity contribution < 1.29 is 23.4 Å². The predicted octanol–water partition coefficient (Wildman–Crippen LogP) is 2.52. The highest BCUT2D eigenvalue weighted by molar-refractivity contribution is 5.79. The molecule has 1 rings (SSSR count). The van der Waals surface area contributed by atoms with Crippen molar-refractivity contribution in [2.24, 2.45) is 5.41 Å². The Morgan fingerprint density at radius 1 is 1.41 bits per heavy atom. The number of carbonyl (C=O) groups is 1. The van der Waals surface area contributed by atoms with Crippen LogP contribution in [0.5, 0.6) is 0 Å². The third-order valence-corrected chi connectivity index (χ3v) is 3.33. The number of halogens is 2. The minimum Gasteiger partial charge on any atom is -0.461 e. The summed E-state index contributed by atoms with van der Waals surface area (Å²) in [6, 6.07) is 0. The number of esters is 1. The Labute approximate surface area is 100 Å². The van der Waals surface area contributed by atoms with Crippen molar-refractivity contribution in [2.45, 2.75) is 58.0 Å². The molecule has 17 heavy (non-hydrogen) atoms. The van der Waals surface area contributed by atoms with Gasteiger partial charge in [0, 0.05) is 0 Å². The highest BCUT2D eigenvalue weighted by Gasteiger charge is 2.61. The first kappa shape index (κ1) is 14.4. The smallest absolute Gasteiger partial charge is 0.380 e. The molecule has 0 aromatic carbocycles. The van der Waals surface area contributed by atoms with Crippen LogP contribution in [-0.4, -0.2) is 29.2 Å². The Hall–Kier alpha value is -0.710. The van der Waals surface area contributed by atoms with E-state index in [4.69, 9.17) is 0 Å². The van der Waals surface area contributed by atoms with E-state index in [1.165, 1.54) is 6.92 Å². The summed E-state index contributed by atoms with van der Waals surface area (Å²) in [4.78, 5) is 11.2. The van der Waals surface area contributed by atoms with Gasteiger partial charge in [-0.25, -0.2) is 4.79 Å². The molecule has 1 aliphatic rings. The fraction of sp³-hybridized carbons (Fsp3) is 0.917. The van der Waals surface area contributed by atoms with Gasteiger partial charge in [-0.15, -0.1) is 0 Å². The first-order valence-corrected chi connectivity index (χ1v) is 5.92. The molecule has 1 saturated carbocycles. The minimum absolute atomic E-state index is 0.0672. The largest absolute Gasteiger partial charge is 0.461 e. The summed E-state index contributed by atoms with van der Waals surface area (Å²) in [5.74, 6) is -5.46. The molecule has 1 unspecified atom stereocenters. The van der Waals surface area contributed by atoms with E-state index in [1.54, 1.807) is 0 Å². The summed E-state index contributed by atoms with van der Waals surface area (Å²) in [5, 5.41) is 10.1. The van der Waals surface area contributed by atoms with Crippen LogP contribution in [-0.2, 0) is 9.53 Å². The Morgan fingerprint density at radius 3 is 2.47 bits per heavy atom. The highest BCUT2D eigenvalue weighted by atomic mass is 19.3. The standard InChI is InChI=1S/C12H20F2O3/c1-4-17-9(15)12(13,14)11(16)7-5-6-10(2,3)8-11/h16H,4-8H2,1-3H3. The van der Waals surface area contributed by atoms with Gasteiger partial charge in [0.05, 0.1) is 6.61 Å².